The van der Waals surface area contributed by atoms with E-state index in [4.69, 9.17) is 4.42 Å². The molecule has 1 aliphatic heterocycles. The van der Waals surface area contributed by atoms with Gasteiger partial charge in [-0.25, -0.2) is 0 Å². The fraction of sp³-hybridized carbons (Fsp3) is 0.286. The van der Waals surface area contributed by atoms with E-state index >= 15 is 0 Å². The molecule has 4 rings (SSSR count). The van der Waals surface area contributed by atoms with Crippen LogP contribution < -0.4 is 10.2 Å². The van der Waals surface area contributed by atoms with E-state index in [0.717, 1.165) is 40.3 Å². The number of amides is 2. The summed E-state index contributed by atoms with van der Waals surface area (Å²) in [5.41, 5.74) is 2.53. The van der Waals surface area contributed by atoms with Crippen molar-refractivity contribution in [2.45, 2.75) is 6.92 Å². The predicted octanol–water partition coefficient (Wildman–Crippen LogP) is 1.12. The third kappa shape index (κ3) is 3.89. The van der Waals surface area contributed by atoms with Gasteiger partial charge in [0, 0.05) is 11.1 Å². The van der Waals surface area contributed by atoms with Gasteiger partial charge in [-0.1, -0.05) is 18.2 Å². The number of nitrogens with zero attached hydrogens (tertiary/aromatic N) is 2. The minimum absolute atomic E-state index is 0.0310. The van der Waals surface area contributed by atoms with E-state index in [-0.39, 0.29) is 11.8 Å². The van der Waals surface area contributed by atoms with E-state index in [9.17, 15) is 9.59 Å². The lowest BCUT2D eigenvalue weighted by molar-refractivity contribution is -0.895. The van der Waals surface area contributed by atoms with Gasteiger partial charge in [0.15, 0.2) is 12.3 Å². The van der Waals surface area contributed by atoms with Gasteiger partial charge in [-0.3, -0.25) is 14.6 Å². The average Bonchev–Trinajstić information content (AvgIpc) is 3.22. The van der Waals surface area contributed by atoms with Crippen molar-refractivity contribution in [2.75, 3.05) is 38.0 Å². The Balaban J connectivity index is 1.35. The number of benzene rings is 1. The molecule has 7 nitrogen and oxygen atoms in total. The maximum atomic E-state index is 12.6. The van der Waals surface area contributed by atoms with Crippen molar-refractivity contribution in [1.82, 2.24) is 9.88 Å². The van der Waals surface area contributed by atoms with Crippen molar-refractivity contribution in [3.05, 3.63) is 60.2 Å². The molecule has 144 valence electrons. The van der Waals surface area contributed by atoms with Gasteiger partial charge in [0.25, 0.3) is 11.8 Å². The first-order valence-corrected chi connectivity index (χ1v) is 9.43. The molecule has 28 heavy (non-hydrogen) atoms. The molecule has 2 amide bonds. The Morgan fingerprint density at radius 1 is 1.18 bits per heavy atom. The van der Waals surface area contributed by atoms with Crippen molar-refractivity contribution >= 4 is 28.4 Å². The first-order valence-electron chi connectivity index (χ1n) is 9.43. The maximum absolute atomic E-state index is 12.6. The van der Waals surface area contributed by atoms with E-state index in [1.54, 1.807) is 17.0 Å². The molecule has 7 heteroatoms. The number of hydrogen-bond acceptors (Lipinski definition) is 4. The molecule has 1 saturated heterocycles. The fourth-order valence-corrected chi connectivity index (χ4v) is 3.59. The minimum atomic E-state index is -0.0905. The smallest absolute Gasteiger partial charge is 0.289 e. The molecular formula is C21H23N4O3+. The lowest BCUT2D eigenvalue weighted by atomic mass is 10.1. The Hall–Kier alpha value is -3.19. The molecule has 3 heterocycles. The Morgan fingerprint density at radius 2 is 1.96 bits per heavy atom. The van der Waals surface area contributed by atoms with Crippen LogP contribution in [0.2, 0.25) is 0 Å². The van der Waals surface area contributed by atoms with E-state index in [0.29, 0.717) is 25.4 Å². The molecule has 0 spiro atoms. The molecule has 0 radical (unpaired) electrons. The number of carbonyl (C=O) groups is 2. The van der Waals surface area contributed by atoms with Crippen LogP contribution in [-0.4, -0.2) is 54.4 Å². The highest BCUT2D eigenvalue weighted by Gasteiger charge is 2.27. The first-order chi connectivity index (χ1) is 13.6. The van der Waals surface area contributed by atoms with Gasteiger partial charge < -0.3 is 19.5 Å². The van der Waals surface area contributed by atoms with Crippen molar-refractivity contribution in [3.8, 4) is 0 Å². The molecule has 0 aliphatic carbocycles. The second-order valence-corrected chi connectivity index (χ2v) is 7.07. The van der Waals surface area contributed by atoms with Crippen LogP contribution in [0.4, 0.5) is 5.69 Å². The zero-order chi connectivity index (χ0) is 19.5. The third-order valence-electron chi connectivity index (χ3n) is 5.02. The number of nitrogens with one attached hydrogen (secondary N) is 2. The highest BCUT2D eigenvalue weighted by atomic mass is 16.3. The largest absolute Gasteiger partial charge is 0.459 e. The molecule has 0 saturated carbocycles. The third-order valence-corrected chi connectivity index (χ3v) is 5.02. The number of anilines is 1. The molecule has 1 fully saturated rings. The molecule has 2 aromatic heterocycles. The molecule has 1 aliphatic rings. The summed E-state index contributed by atoms with van der Waals surface area (Å²) in [4.78, 5) is 32.4. The number of furan rings is 1. The van der Waals surface area contributed by atoms with E-state index < -0.39 is 0 Å². The van der Waals surface area contributed by atoms with E-state index in [1.165, 1.54) is 6.26 Å². The lowest BCUT2D eigenvalue weighted by Gasteiger charge is -2.31. The normalized spacial score (nSPS) is 15.0. The standard InChI is InChI=1S/C21H22N4O3/c1-15-13-18(16-5-2-3-6-17(16)22-15)23-20(26)14-24-8-10-25(11-9-24)21(27)19-7-4-12-28-19/h2-7,12-13H,8-11,14H2,1H3,(H,22,23,26)/p+1. The van der Waals surface area contributed by atoms with Crippen LogP contribution in [0.5, 0.6) is 0 Å². The number of pyridine rings is 1. The molecule has 0 atom stereocenters. The summed E-state index contributed by atoms with van der Waals surface area (Å²) in [7, 11) is 0. The van der Waals surface area contributed by atoms with Gasteiger partial charge >= 0.3 is 0 Å². The predicted molar refractivity (Wildman–Crippen MR) is 105 cm³/mol. The summed E-state index contributed by atoms with van der Waals surface area (Å²) in [5.74, 6) is 0.241. The lowest BCUT2D eigenvalue weighted by Crippen LogP contribution is -3.15. The Kier molecular flexibility index (Phi) is 5.08. The highest BCUT2D eigenvalue weighted by Crippen LogP contribution is 2.22. The van der Waals surface area contributed by atoms with Crippen LogP contribution in [-0.2, 0) is 4.79 Å². The molecule has 0 bridgehead atoms. The van der Waals surface area contributed by atoms with Crippen molar-refractivity contribution in [2.24, 2.45) is 0 Å². The Bertz CT molecular complexity index is 992. The fourth-order valence-electron chi connectivity index (χ4n) is 3.59. The number of piperazine rings is 1. The number of rotatable bonds is 4. The number of quaternary nitrogens is 1. The van der Waals surface area contributed by atoms with Gasteiger partial charge in [0.2, 0.25) is 0 Å². The zero-order valence-electron chi connectivity index (χ0n) is 15.8. The van der Waals surface area contributed by atoms with Crippen molar-refractivity contribution < 1.29 is 18.9 Å². The summed E-state index contributed by atoms with van der Waals surface area (Å²) in [5, 5.41) is 3.97. The molecule has 3 aromatic rings. The Morgan fingerprint density at radius 3 is 2.71 bits per heavy atom. The molecule has 1 aromatic carbocycles. The summed E-state index contributed by atoms with van der Waals surface area (Å²) in [6.45, 7) is 4.98. The average molecular weight is 379 g/mol. The number of aryl methyl sites for hydroxylation is 1. The van der Waals surface area contributed by atoms with Crippen molar-refractivity contribution in [1.29, 1.82) is 0 Å². The SMILES string of the molecule is Cc1cc(NC(=O)C[NH+]2CCN(C(=O)c3ccco3)CC2)c2ccccc2n1. The first kappa shape index (κ1) is 18.2. The highest BCUT2D eigenvalue weighted by molar-refractivity contribution is 6.01. The van der Waals surface area contributed by atoms with Gasteiger partial charge in [-0.15, -0.1) is 0 Å². The van der Waals surface area contributed by atoms with Crippen molar-refractivity contribution in [3.63, 3.8) is 0 Å². The topological polar surface area (TPSA) is 79.9 Å². The van der Waals surface area contributed by atoms with E-state index in [2.05, 4.69) is 10.3 Å². The van der Waals surface area contributed by atoms with Crippen LogP contribution in [0.3, 0.4) is 0 Å². The number of hydrogen-bond donors (Lipinski definition) is 2. The minimum Gasteiger partial charge on any atom is -0.459 e. The van der Waals surface area contributed by atoms with Crippen LogP contribution in [0.1, 0.15) is 16.2 Å². The second-order valence-electron chi connectivity index (χ2n) is 7.07. The zero-order valence-corrected chi connectivity index (χ0v) is 15.8. The van der Waals surface area contributed by atoms with Crippen LogP contribution in [0, 0.1) is 6.92 Å². The Labute approximate surface area is 162 Å². The summed E-state index contributed by atoms with van der Waals surface area (Å²) >= 11 is 0. The van der Waals surface area contributed by atoms with Gasteiger partial charge in [0.05, 0.1) is 43.6 Å². The summed E-state index contributed by atoms with van der Waals surface area (Å²) in [6.07, 6.45) is 1.50. The summed E-state index contributed by atoms with van der Waals surface area (Å²) in [6, 6.07) is 13.1. The molecular weight excluding hydrogens is 356 g/mol. The van der Waals surface area contributed by atoms with Gasteiger partial charge in [-0.2, -0.15) is 0 Å². The van der Waals surface area contributed by atoms with E-state index in [1.807, 2.05) is 37.3 Å². The van der Waals surface area contributed by atoms with Crippen LogP contribution in [0.15, 0.2) is 53.1 Å². The molecule has 2 N–H and O–H groups in total. The monoisotopic (exact) mass is 379 g/mol. The molecule has 0 unspecified atom stereocenters. The van der Waals surface area contributed by atoms with Gasteiger partial charge in [-0.05, 0) is 31.2 Å². The quantitative estimate of drug-likeness (QED) is 0.712. The van der Waals surface area contributed by atoms with Crippen LogP contribution >= 0.6 is 0 Å². The van der Waals surface area contributed by atoms with Gasteiger partial charge in [0.1, 0.15) is 0 Å². The van der Waals surface area contributed by atoms with Crippen LogP contribution in [0.25, 0.3) is 10.9 Å². The maximum Gasteiger partial charge on any atom is 0.289 e. The number of para-hydroxylation sites is 1. The number of carbonyl (C=O) groups excluding carboxylic acids is 2. The summed E-state index contributed by atoms with van der Waals surface area (Å²) < 4.78 is 5.18. The second kappa shape index (κ2) is 7.82. The number of aromatic nitrogens is 1. The number of fused-ring (bicyclic) bond motifs is 1.